The number of anilines is 2. The molecule has 1 heterocycles. The lowest BCUT2D eigenvalue weighted by Gasteiger charge is -2.36. The molecule has 186 valence electrons. The largest absolute Gasteiger partial charge is 0.368 e. The van der Waals surface area contributed by atoms with Crippen LogP contribution >= 0.6 is 11.6 Å². The van der Waals surface area contributed by atoms with Crippen LogP contribution in [0.1, 0.15) is 27.4 Å². The van der Waals surface area contributed by atoms with Crippen LogP contribution in [0.25, 0.3) is 0 Å². The Labute approximate surface area is 222 Å². The third kappa shape index (κ3) is 5.84. The Morgan fingerprint density at radius 1 is 0.676 bits per heavy atom. The Balaban J connectivity index is 1.22. The van der Waals surface area contributed by atoms with Crippen LogP contribution in [0, 0.1) is 0 Å². The minimum atomic E-state index is -0.395. The van der Waals surface area contributed by atoms with Gasteiger partial charge in [-0.3, -0.25) is 9.59 Å². The lowest BCUT2D eigenvalue weighted by molar-refractivity contribution is -0.116. The number of carbonyl (C=O) groups is 2. The van der Waals surface area contributed by atoms with Gasteiger partial charge in [0, 0.05) is 48.1 Å². The second-order valence-corrected chi connectivity index (χ2v) is 9.51. The van der Waals surface area contributed by atoms with Crippen LogP contribution in [0.2, 0.25) is 5.02 Å². The molecule has 1 aliphatic rings. The predicted octanol–water partition coefficient (Wildman–Crippen LogP) is 6.07. The number of amides is 2. The molecule has 0 aromatic heterocycles. The highest BCUT2D eigenvalue weighted by Gasteiger charge is 2.24. The van der Waals surface area contributed by atoms with Crippen molar-refractivity contribution in [1.82, 2.24) is 4.90 Å². The van der Waals surface area contributed by atoms with E-state index in [2.05, 4.69) is 10.2 Å². The van der Waals surface area contributed by atoms with Crippen molar-refractivity contribution in [2.75, 3.05) is 36.4 Å². The zero-order chi connectivity index (χ0) is 25.6. The number of hydrogen-bond acceptors (Lipinski definition) is 3. The Bertz CT molecular complexity index is 1300. The first kappa shape index (κ1) is 24.6. The molecule has 0 saturated carbocycles. The second kappa shape index (κ2) is 11.3. The Kier molecular flexibility index (Phi) is 7.52. The normalized spacial score (nSPS) is 13.5. The van der Waals surface area contributed by atoms with Gasteiger partial charge in [0.2, 0.25) is 5.91 Å². The van der Waals surface area contributed by atoms with Gasteiger partial charge < -0.3 is 15.1 Å². The summed E-state index contributed by atoms with van der Waals surface area (Å²) >= 11 is 5.94. The van der Waals surface area contributed by atoms with Crippen molar-refractivity contribution in [2.24, 2.45) is 0 Å². The van der Waals surface area contributed by atoms with Crippen LogP contribution in [0.4, 0.5) is 11.4 Å². The van der Waals surface area contributed by atoms with E-state index >= 15 is 0 Å². The Morgan fingerprint density at radius 2 is 1.22 bits per heavy atom. The number of piperazine rings is 1. The summed E-state index contributed by atoms with van der Waals surface area (Å²) in [5, 5.41) is 3.72. The van der Waals surface area contributed by atoms with Crippen molar-refractivity contribution >= 4 is 34.8 Å². The number of hydrogen-bond donors (Lipinski definition) is 1. The van der Waals surface area contributed by atoms with Crippen LogP contribution in [-0.4, -0.2) is 42.9 Å². The van der Waals surface area contributed by atoms with Gasteiger partial charge in [-0.15, -0.1) is 0 Å². The van der Waals surface area contributed by atoms with Gasteiger partial charge in [-0.05, 0) is 59.7 Å². The van der Waals surface area contributed by atoms with Crippen LogP contribution in [0.5, 0.6) is 0 Å². The molecule has 0 atom stereocenters. The SMILES string of the molecule is O=C(Nc1ccc(N2CCN(C(=O)c3ccc(Cl)cc3)CC2)cc1)C(c1ccccc1)c1ccccc1. The zero-order valence-electron chi connectivity index (χ0n) is 20.4. The number of halogens is 1. The highest BCUT2D eigenvalue weighted by Crippen LogP contribution is 2.27. The number of nitrogens with one attached hydrogen (secondary N) is 1. The summed E-state index contributed by atoms with van der Waals surface area (Å²) in [5.74, 6) is -0.437. The maximum atomic E-state index is 13.4. The van der Waals surface area contributed by atoms with E-state index in [4.69, 9.17) is 11.6 Å². The Morgan fingerprint density at radius 3 is 1.76 bits per heavy atom. The average Bonchev–Trinajstić information content (AvgIpc) is 2.95. The standard InChI is InChI=1S/C31H28ClN3O2/c32-26-13-11-25(12-14-26)31(37)35-21-19-34(20-22-35)28-17-15-27(16-18-28)33-30(36)29(23-7-3-1-4-8-23)24-9-5-2-6-10-24/h1-18,29H,19-22H2,(H,33,36). The molecular weight excluding hydrogens is 482 g/mol. The van der Waals surface area contributed by atoms with Gasteiger partial charge in [-0.1, -0.05) is 72.3 Å². The second-order valence-electron chi connectivity index (χ2n) is 9.08. The van der Waals surface area contributed by atoms with E-state index in [1.54, 1.807) is 24.3 Å². The van der Waals surface area contributed by atoms with E-state index in [1.807, 2.05) is 89.8 Å². The minimum Gasteiger partial charge on any atom is -0.368 e. The van der Waals surface area contributed by atoms with E-state index in [0.29, 0.717) is 23.7 Å². The lowest BCUT2D eigenvalue weighted by atomic mass is 9.90. The van der Waals surface area contributed by atoms with E-state index in [-0.39, 0.29) is 11.8 Å². The molecule has 5 nitrogen and oxygen atoms in total. The van der Waals surface area contributed by atoms with Gasteiger partial charge >= 0.3 is 0 Å². The predicted molar refractivity (Wildman–Crippen MR) is 149 cm³/mol. The van der Waals surface area contributed by atoms with Gasteiger partial charge in [-0.2, -0.15) is 0 Å². The number of carbonyl (C=O) groups excluding carboxylic acids is 2. The molecular formula is C31H28ClN3O2. The summed E-state index contributed by atoms with van der Waals surface area (Å²) in [7, 11) is 0. The van der Waals surface area contributed by atoms with Crippen molar-refractivity contribution in [3.8, 4) is 0 Å². The fraction of sp³-hybridized carbons (Fsp3) is 0.161. The average molecular weight is 510 g/mol. The molecule has 0 spiro atoms. The van der Waals surface area contributed by atoms with Crippen molar-refractivity contribution in [3.63, 3.8) is 0 Å². The number of rotatable bonds is 6. The van der Waals surface area contributed by atoms with E-state index in [1.165, 1.54) is 0 Å². The molecule has 2 amide bonds. The van der Waals surface area contributed by atoms with E-state index < -0.39 is 5.92 Å². The molecule has 1 saturated heterocycles. The van der Waals surface area contributed by atoms with Crippen molar-refractivity contribution in [3.05, 3.63) is 131 Å². The fourth-order valence-corrected chi connectivity index (χ4v) is 4.82. The monoisotopic (exact) mass is 509 g/mol. The summed E-state index contributed by atoms with van der Waals surface area (Å²) in [5.41, 5.74) is 4.38. The first-order chi connectivity index (χ1) is 18.1. The van der Waals surface area contributed by atoms with Crippen LogP contribution in [0.15, 0.2) is 109 Å². The molecule has 37 heavy (non-hydrogen) atoms. The molecule has 1 N–H and O–H groups in total. The molecule has 0 bridgehead atoms. The molecule has 0 aliphatic carbocycles. The molecule has 0 unspecified atom stereocenters. The van der Waals surface area contributed by atoms with Crippen LogP contribution in [0.3, 0.4) is 0 Å². The fourth-order valence-electron chi connectivity index (χ4n) is 4.70. The smallest absolute Gasteiger partial charge is 0.253 e. The summed E-state index contributed by atoms with van der Waals surface area (Å²) in [6.07, 6.45) is 0. The number of benzene rings is 4. The molecule has 1 aliphatic heterocycles. The maximum Gasteiger partial charge on any atom is 0.253 e. The third-order valence-corrected chi connectivity index (χ3v) is 6.94. The van der Waals surface area contributed by atoms with Gasteiger partial charge in [0.1, 0.15) is 0 Å². The summed E-state index contributed by atoms with van der Waals surface area (Å²) < 4.78 is 0. The van der Waals surface area contributed by atoms with Crippen molar-refractivity contribution in [1.29, 1.82) is 0 Å². The van der Waals surface area contributed by atoms with Crippen molar-refractivity contribution < 1.29 is 9.59 Å². The summed E-state index contributed by atoms with van der Waals surface area (Å²) in [6, 6.07) is 34.6. The van der Waals surface area contributed by atoms with Gasteiger partial charge in [0.15, 0.2) is 0 Å². The first-order valence-electron chi connectivity index (χ1n) is 12.4. The van der Waals surface area contributed by atoms with Crippen LogP contribution in [-0.2, 0) is 4.79 Å². The highest BCUT2D eigenvalue weighted by molar-refractivity contribution is 6.30. The Hall–Kier alpha value is -4.09. The first-order valence-corrected chi connectivity index (χ1v) is 12.8. The maximum absolute atomic E-state index is 13.4. The van der Waals surface area contributed by atoms with E-state index in [0.717, 1.165) is 35.6 Å². The molecule has 1 fully saturated rings. The molecule has 0 radical (unpaired) electrons. The molecule has 4 aromatic carbocycles. The van der Waals surface area contributed by atoms with E-state index in [9.17, 15) is 9.59 Å². The zero-order valence-corrected chi connectivity index (χ0v) is 21.1. The topological polar surface area (TPSA) is 52.7 Å². The summed E-state index contributed by atoms with van der Waals surface area (Å²) in [4.78, 5) is 30.3. The van der Waals surface area contributed by atoms with Gasteiger partial charge in [-0.25, -0.2) is 0 Å². The third-order valence-electron chi connectivity index (χ3n) is 6.69. The highest BCUT2D eigenvalue weighted by atomic mass is 35.5. The van der Waals surface area contributed by atoms with Gasteiger partial charge in [0.05, 0.1) is 5.92 Å². The summed E-state index contributed by atoms with van der Waals surface area (Å²) in [6.45, 7) is 2.79. The van der Waals surface area contributed by atoms with Crippen LogP contribution < -0.4 is 10.2 Å². The number of nitrogens with zero attached hydrogens (tertiary/aromatic N) is 2. The van der Waals surface area contributed by atoms with Crippen molar-refractivity contribution in [2.45, 2.75) is 5.92 Å². The molecule has 5 rings (SSSR count). The molecule has 4 aromatic rings. The lowest BCUT2D eigenvalue weighted by Crippen LogP contribution is -2.48. The molecule has 6 heteroatoms. The van der Waals surface area contributed by atoms with Gasteiger partial charge in [0.25, 0.3) is 5.91 Å². The minimum absolute atomic E-state index is 0.0285. The quantitative estimate of drug-likeness (QED) is 0.343.